The third kappa shape index (κ3) is 6.63. The molecule has 1 amide bonds. The number of rotatable bonds is 7. The third-order valence-electron chi connectivity index (χ3n) is 7.13. The average Bonchev–Trinajstić information content (AvgIpc) is 3.16. The van der Waals surface area contributed by atoms with Crippen LogP contribution < -0.4 is 10.1 Å². The van der Waals surface area contributed by atoms with E-state index in [1.807, 2.05) is 37.4 Å². The van der Waals surface area contributed by atoms with Gasteiger partial charge in [0.15, 0.2) is 6.61 Å². The maximum Gasteiger partial charge on any atom is 0.422 e. The summed E-state index contributed by atoms with van der Waals surface area (Å²) in [5.41, 5.74) is 4.11. The van der Waals surface area contributed by atoms with Crippen molar-refractivity contribution in [3.05, 3.63) is 59.0 Å². The summed E-state index contributed by atoms with van der Waals surface area (Å²) in [5.74, 6) is -0.101. The Balaban J connectivity index is 1.06. The summed E-state index contributed by atoms with van der Waals surface area (Å²) in [4.78, 5) is 19.6. The van der Waals surface area contributed by atoms with E-state index >= 15 is 0 Å². The molecule has 0 aliphatic carbocycles. The zero-order chi connectivity index (χ0) is 26.7. The predicted molar refractivity (Wildman–Crippen MR) is 134 cm³/mol. The average molecular weight is 532 g/mol. The van der Waals surface area contributed by atoms with E-state index in [0.29, 0.717) is 18.6 Å². The van der Waals surface area contributed by atoms with Crippen molar-refractivity contribution in [3.8, 4) is 5.88 Å². The Bertz CT molecular complexity index is 1270. The number of ether oxygens (including phenoxy) is 2. The van der Waals surface area contributed by atoms with E-state index in [0.717, 1.165) is 67.8 Å². The van der Waals surface area contributed by atoms with Crippen LogP contribution in [0.3, 0.4) is 0 Å². The minimum atomic E-state index is -4.38. The lowest BCUT2D eigenvalue weighted by molar-refractivity contribution is -0.154. The molecule has 204 valence electrons. The van der Waals surface area contributed by atoms with E-state index < -0.39 is 12.8 Å². The van der Waals surface area contributed by atoms with Crippen molar-refractivity contribution >= 4 is 11.4 Å². The number of hydrogen-bond donors (Lipinski definition) is 1. The lowest BCUT2D eigenvalue weighted by Gasteiger charge is -2.31. The molecule has 0 spiro atoms. The number of hydrogen-bond acceptors (Lipinski definition) is 6. The summed E-state index contributed by atoms with van der Waals surface area (Å²) >= 11 is 0. The number of carbonyl (C=O) groups is 1. The van der Waals surface area contributed by atoms with Gasteiger partial charge in [-0.2, -0.15) is 18.3 Å². The molecule has 1 fully saturated rings. The zero-order valence-corrected chi connectivity index (χ0v) is 21.3. The largest absolute Gasteiger partial charge is 0.468 e. The van der Waals surface area contributed by atoms with Crippen molar-refractivity contribution in [1.82, 2.24) is 24.8 Å². The predicted octanol–water partition coefficient (Wildman–Crippen LogP) is 3.75. The van der Waals surface area contributed by atoms with E-state index in [-0.39, 0.29) is 23.9 Å². The van der Waals surface area contributed by atoms with E-state index in [4.69, 9.17) is 9.47 Å². The van der Waals surface area contributed by atoms with E-state index in [9.17, 15) is 18.0 Å². The van der Waals surface area contributed by atoms with Crippen LogP contribution in [0.1, 0.15) is 46.6 Å². The highest BCUT2D eigenvalue weighted by atomic mass is 19.4. The van der Waals surface area contributed by atoms with Gasteiger partial charge >= 0.3 is 6.18 Å². The van der Waals surface area contributed by atoms with Crippen molar-refractivity contribution in [2.75, 3.05) is 32.8 Å². The second-order valence-electron chi connectivity index (χ2n) is 10.0. The molecule has 3 aromatic heterocycles. The summed E-state index contributed by atoms with van der Waals surface area (Å²) < 4.78 is 50.0. The minimum absolute atomic E-state index is 0.0174. The van der Waals surface area contributed by atoms with Crippen LogP contribution in [0.15, 0.2) is 36.5 Å². The van der Waals surface area contributed by atoms with Gasteiger partial charge in [0, 0.05) is 44.0 Å². The molecule has 0 aromatic carbocycles. The first kappa shape index (κ1) is 26.4. The summed E-state index contributed by atoms with van der Waals surface area (Å²) in [6.45, 7) is 3.57. The Morgan fingerprint density at radius 2 is 2.05 bits per heavy atom. The number of fused-ring (bicyclic) bond motifs is 2. The zero-order valence-electron chi connectivity index (χ0n) is 21.3. The first-order valence-electron chi connectivity index (χ1n) is 13.0. The van der Waals surface area contributed by atoms with Crippen molar-refractivity contribution in [2.24, 2.45) is 0 Å². The normalized spacial score (nSPS) is 20.6. The Labute approximate surface area is 219 Å². The molecule has 1 saturated heterocycles. The second kappa shape index (κ2) is 11.3. The van der Waals surface area contributed by atoms with E-state index in [1.54, 1.807) is 4.52 Å². The maximum absolute atomic E-state index is 12.9. The highest BCUT2D eigenvalue weighted by Crippen LogP contribution is 2.23. The second-order valence-corrected chi connectivity index (χ2v) is 10.0. The highest BCUT2D eigenvalue weighted by Gasteiger charge is 2.29. The molecule has 0 bridgehead atoms. The van der Waals surface area contributed by atoms with Crippen LogP contribution in [0.25, 0.3) is 5.52 Å². The van der Waals surface area contributed by atoms with Crippen LogP contribution in [0.2, 0.25) is 0 Å². The topological polar surface area (TPSA) is 81.0 Å². The SMILES string of the molecule is Cc1cc2c(C(=O)N[C@H]3CC[C@H](CCN4CCc5ccc(OCC(F)(F)F)nc5CC4)OC3)cccn2n1. The quantitative estimate of drug-likeness (QED) is 0.500. The van der Waals surface area contributed by atoms with Gasteiger partial charge in [0.1, 0.15) is 0 Å². The molecule has 2 aliphatic heterocycles. The fraction of sp³-hybridized carbons (Fsp3) is 0.519. The number of nitrogens with one attached hydrogen (secondary N) is 1. The van der Waals surface area contributed by atoms with Gasteiger partial charge in [0.05, 0.1) is 35.5 Å². The van der Waals surface area contributed by atoms with Crippen molar-refractivity contribution in [3.63, 3.8) is 0 Å². The first-order chi connectivity index (χ1) is 18.2. The molecule has 0 radical (unpaired) electrons. The van der Waals surface area contributed by atoms with Gasteiger partial charge in [-0.15, -0.1) is 0 Å². The number of pyridine rings is 2. The van der Waals surface area contributed by atoms with Crippen LogP contribution in [0.5, 0.6) is 5.88 Å². The van der Waals surface area contributed by atoms with Crippen LogP contribution >= 0.6 is 0 Å². The lowest BCUT2D eigenvalue weighted by Crippen LogP contribution is -2.43. The van der Waals surface area contributed by atoms with Crippen LogP contribution in [-0.4, -0.2) is 76.6 Å². The Kier molecular flexibility index (Phi) is 7.85. The molecule has 0 saturated carbocycles. The van der Waals surface area contributed by atoms with Gasteiger partial charge in [0.25, 0.3) is 5.91 Å². The third-order valence-corrected chi connectivity index (χ3v) is 7.13. The molecule has 2 atom stereocenters. The molecule has 3 aromatic rings. The number of aromatic nitrogens is 3. The number of aryl methyl sites for hydroxylation is 1. The molecular formula is C27H32F3N5O3. The standard InChI is InChI=1S/C27H32F3N5O3/c1-18-15-24-22(3-2-11-35(24)33-18)26(36)31-20-5-6-21(37-16-20)9-13-34-12-8-19-4-7-25(32-23(19)10-14-34)38-17-27(28,29)30/h2-4,7,11,15,20-21H,5-6,8-10,12-14,16-17H2,1H3,(H,31,36)/t20-,21+/m0/s1. The van der Waals surface area contributed by atoms with Crippen LogP contribution in [0, 0.1) is 6.92 Å². The number of amides is 1. The fourth-order valence-electron chi connectivity index (χ4n) is 5.14. The summed E-state index contributed by atoms with van der Waals surface area (Å²) in [6.07, 6.45) is 1.66. The molecule has 2 aliphatic rings. The van der Waals surface area contributed by atoms with Gasteiger partial charge in [-0.05, 0) is 56.4 Å². The summed E-state index contributed by atoms with van der Waals surface area (Å²) in [7, 11) is 0. The number of alkyl halides is 3. The van der Waals surface area contributed by atoms with Gasteiger partial charge < -0.3 is 19.7 Å². The molecule has 5 heterocycles. The summed E-state index contributed by atoms with van der Waals surface area (Å²) in [6, 6.07) is 8.84. The van der Waals surface area contributed by atoms with Gasteiger partial charge in [0.2, 0.25) is 5.88 Å². The van der Waals surface area contributed by atoms with Crippen molar-refractivity contribution in [1.29, 1.82) is 0 Å². The number of halogens is 3. The number of carbonyl (C=O) groups excluding carboxylic acids is 1. The van der Waals surface area contributed by atoms with Crippen molar-refractivity contribution < 1.29 is 27.4 Å². The molecule has 1 N–H and O–H groups in total. The van der Waals surface area contributed by atoms with Crippen molar-refractivity contribution in [2.45, 2.75) is 57.3 Å². The van der Waals surface area contributed by atoms with Crippen LogP contribution in [0.4, 0.5) is 13.2 Å². The van der Waals surface area contributed by atoms with E-state index in [1.165, 1.54) is 6.07 Å². The maximum atomic E-state index is 12.9. The Morgan fingerprint density at radius 3 is 2.84 bits per heavy atom. The van der Waals surface area contributed by atoms with Gasteiger partial charge in [-0.1, -0.05) is 6.07 Å². The molecule has 38 heavy (non-hydrogen) atoms. The minimum Gasteiger partial charge on any atom is -0.468 e. The highest BCUT2D eigenvalue weighted by molar-refractivity contribution is 6.00. The summed E-state index contributed by atoms with van der Waals surface area (Å²) in [5, 5.41) is 7.48. The van der Waals surface area contributed by atoms with E-state index in [2.05, 4.69) is 20.3 Å². The Morgan fingerprint density at radius 1 is 1.21 bits per heavy atom. The lowest BCUT2D eigenvalue weighted by atomic mass is 10.0. The molecule has 0 unspecified atom stereocenters. The van der Waals surface area contributed by atoms with Gasteiger partial charge in [-0.3, -0.25) is 4.79 Å². The molecule has 11 heteroatoms. The molecule has 8 nitrogen and oxygen atoms in total. The van der Waals surface area contributed by atoms with Crippen LogP contribution in [-0.2, 0) is 17.6 Å². The van der Waals surface area contributed by atoms with Gasteiger partial charge in [-0.25, -0.2) is 9.50 Å². The molecular weight excluding hydrogens is 499 g/mol. The fourth-order valence-corrected chi connectivity index (χ4v) is 5.14. The smallest absolute Gasteiger partial charge is 0.422 e. The molecule has 5 rings (SSSR count). The monoisotopic (exact) mass is 531 g/mol. The first-order valence-corrected chi connectivity index (χ1v) is 13.0. The Hall–Kier alpha value is -3.18. The number of nitrogens with zero attached hydrogens (tertiary/aromatic N) is 4.